The van der Waals surface area contributed by atoms with E-state index in [1.165, 1.54) is 16.8 Å². The lowest BCUT2D eigenvalue weighted by Gasteiger charge is -2.24. The molecule has 29 heavy (non-hydrogen) atoms. The number of nitrogens with one attached hydrogen (secondary N) is 1. The second-order valence-electron chi connectivity index (χ2n) is 7.15. The van der Waals surface area contributed by atoms with Gasteiger partial charge in [0.25, 0.3) is 11.8 Å². The second kappa shape index (κ2) is 7.72. The van der Waals surface area contributed by atoms with E-state index in [9.17, 15) is 9.59 Å². The Morgan fingerprint density at radius 2 is 1.97 bits per heavy atom. The molecule has 8 heteroatoms. The third-order valence-corrected chi connectivity index (χ3v) is 6.75. The largest absolute Gasteiger partial charge is 0.272 e. The third-order valence-electron chi connectivity index (χ3n) is 4.99. The van der Waals surface area contributed by atoms with Crippen molar-refractivity contribution in [2.24, 2.45) is 0 Å². The van der Waals surface area contributed by atoms with Crippen molar-refractivity contribution in [1.29, 1.82) is 0 Å². The average Bonchev–Trinajstić information content (AvgIpc) is 3.14. The van der Waals surface area contributed by atoms with Crippen molar-refractivity contribution >= 4 is 46.1 Å². The van der Waals surface area contributed by atoms with Crippen molar-refractivity contribution in [3.05, 3.63) is 64.3 Å². The quantitative estimate of drug-likeness (QED) is 0.682. The van der Waals surface area contributed by atoms with E-state index < -0.39 is 0 Å². The van der Waals surface area contributed by atoms with E-state index in [-0.39, 0.29) is 29.0 Å². The molecule has 0 aliphatic carbocycles. The van der Waals surface area contributed by atoms with E-state index >= 15 is 0 Å². The highest BCUT2D eigenvalue weighted by atomic mass is 35.5. The lowest BCUT2D eigenvalue weighted by molar-refractivity contribution is -0.140. The number of aromatic nitrogens is 2. The predicted molar refractivity (Wildman–Crippen MR) is 115 cm³/mol. The number of carbonyl (C=O) groups excluding carboxylic acids is 2. The normalized spacial score (nSPS) is 19.2. The zero-order valence-electron chi connectivity index (χ0n) is 16.3. The van der Waals surface area contributed by atoms with E-state index in [4.69, 9.17) is 11.6 Å². The first-order valence-corrected chi connectivity index (χ1v) is 10.6. The maximum absolute atomic E-state index is 12.8. The highest BCUT2D eigenvalue weighted by Crippen LogP contribution is 2.41. The first-order chi connectivity index (χ1) is 13.8. The van der Waals surface area contributed by atoms with Gasteiger partial charge in [-0.2, -0.15) is 5.10 Å². The molecule has 1 aliphatic heterocycles. The second-order valence-corrected chi connectivity index (χ2v) is 8.98. The van der Waals surface area contributed by atoms with E-state index in [1.807, 2.05) is 63.2 Å². The van der Waals surface area contributed by atoms with E-state index in [1.54, 1.807) is 4.68 Å². The van der Waals surface area contributed by atoms with E-state index in [0.717, 1.165) is 27.7 Å². The molecule has 2 amide bonds. The van der Waals surface area contributed by atoms with Gasteiger partial charge in [-0.15, -0.1) is 11.8 Å². The van der Waals surface area contributed by atoms with Crippen LogP contribution in [0.25, 0.3) is 10.9 Å². The van der Waals surface area contributed by atoms with Gasteiger partial charge >= 0.3 is 0 Å². The molecule has 3 aromatic rings. The summed E-state index contributed by atoms with van der Waals surface area (Å²) in [6, 6.07) is 13.5. The van der Waals surface area contributed by atoms with Gasteiger partial charge in [-0.25, -0.2) is 5.01 Å². The zero-order valence-corrected chi connectivity index (χ0v) is 17.9. The summed E-state index contributed by atoms with van der Waals surface area (Å²) >= 11 is 7.78. The number of carbonyl (C=O) groups is 2. The van der Waals surface area contributed by atoms with Gasteiger partial charge < -0.3 is 0 Å². The number of thioether (sulfide) groups is 1. The van der Waals surface area contributed by atoms with Crippen LogP contribution in [0.4, 0.5) is 0 Å². The number of aryl methyl sites for hydroxylation is 2. The number of nitrogens with zero attached hydrogens (tertiary/aromatic N) is 3. The van der Waals surface area contributed by atoms with Crippen molar-refractivity contribution < 1.29 is 9.59 Å². The Hall–Kier alpha value is -2.51. The summed E-state index contributed by atoms with van der Waals surface area (Å²) in [6.07, 6.45) is 0. The summed E-state index contributed by atoms with van der Waals surface area (Å²) in [5.74, 6) is -0.424. The molecule has 2 unspecified atom stereocenters. The maximum Gasteiger partial charge on any atom is 0.260 e. The monoisotopic (exact) mass is 428 g/mol. The van der Waals surface area contributed by atoms with Crippen LogP contribution in [0.3, 0.4) is 0 Å². The fourth-order valence-corrected chi connectivity index (χ4v) is 4.84. The van der Waals surface area contributed by atoms with Crippen LogP contribution < -0.4 is 5.43 Å². The van der Waals surface area contributed by atoms with Crippen LogP contribution in [0.15, 0.2) is 42.5 Å². The van der Waals surface area contributed by atoms with Crippen LogP contribution in [0, 0.1) is 13.8 Å². The Morgan fingerprint density at radius 3 is 2.69 bits per heavy atom. The number of hydrogen-bond acceptors (Lipinski definition) is 4. The van der Waals surface area contributed by atoms with Gasteiger partial charge in [-0.3, -0.25) is 19.7 Å². The lowest BCUT2D eigenvalue weighted by Crippen LogP contribution is -2.46. The van der Waals surface area contributed by atoms with Gasteiger partial charge in [-0.1, -0.05) is 41.9 Å². The summed E-state index contributed by atoms with van der Waals surface area (Å²) < 4.78 is 1.62. The molecule has 1 aromatic heterocycles. The van der Waals surface area contributed by atoms with Gasteiger partial charge in [0.1, 0.15) is 11.9 Å². The highest BCUT2D eigenvalue weighted by molar-refractivity contribution is 8.01. The number of fused-ring (bicyclic) bond motifs is 1. The summed E-state index contributed by atoms with van der Waals surface area (Å²) in [7, 11) is 0. The minimum atomic E-state index is -0.310. The van der Waals surface area contributed by atoms with Crippen LogP contribution in [0.5, 0.6) is 0 Å². The summed E-state index contributed by atoms with van der Waals surface area (Å²) in [5, 5.41) is 7.03. The first-order valence-electron chi connectivity index (χ1n) is 9.31. The standard InChI is InChI=1S/C21H21ClN4O2S/c1-12-9-16-13(2)23-25(18(16)10-17(12)22)11-19(27)24-26-20(28)14(3)29-21(26)15-7-5-4-6-8-15/h4-10,14,21H,11H2,1-3H3,(H,24,27). The van der Waals surface area contributed by atoms with Crippen LogP contribution in [0.1, 0.15) is 29.1 Å². The molecule has 0 spiro atoms. The molecule has 2 heterocycles. The van der Waals surface area contributed by atoms with Crippen molar-refractivity contribution in [2.75, 3.05) is 0 Å². The van der Waals surface area contributed by atoms with E-state index in [0.29, 0.717) is 5.02 Å². The molecule has 1 fully saturated rings. The first kappa shape index (κ1) is 19.8. The zero-order chi connectivity index (χ0) is 20.7. The number of halogens is 1. The Labute approximate surface area is 178 Å². The highest BCUT2D eigenvalue weighted by Gasteiger charge is 2.39. The number of hydrazine groups is 1. The molecule has 6 nitrogen and oxygen atoms in total. The molecule has 1 N–H and O–H groups in total. The maximum atomic E-state index is 12.8. The predicted octanol–water partition coefficient (Wildman–Crippen LogP) is 4.00. The molecule has 2 atom stereocenters. The van der Waals surface area contributed by atoms with Gasteiger partial charge in [0.05, 0.1) is 16.5 Å². The minimum Gasteiger partial charge on any atom is -0.272 e. The topological polar surface area (TPSA) is 67.2 Å². The van der Waals surface area contributed by atoms with Crippen molar-refractivity contribution in [3.8, 4) is 0 Å². The van der Waals surface area contributed by atoms with Gasteiger partial charge in [0.15, 0.2) is 0 Å². The van der Waals surface area contributed by atoms with Gasteiger partial charge in [-0.05, 0) is 44.0 Å². The van der Waals surface area contributed by atoms with Gasteiger partial charge in [0, 0.05) is 10.4 Å². The van der Waals surface area contributed by atoms with Crippen LogP contribution in [-0.4, -0.2) is 31.9 Å². The third kappa shape index (κ3) is 3.72. The molecular weight excluding hydrogens is 408 g/mol. The molecule has 150 valence electrons. The molecule has 0 bridgehead atoms. The fraction of sp³-hybridized carbons (Fsp3) is 0.286. The number of benzene rings is 2. The Bertz CT molecular complexity index is 1100. The number of amides is 2. The summed E-state index contributed by atoms with van der Waals surface area (Å²) in [5.41, 5.74) is 6.34. The Morgan fingerprint density at radius 1 is 1.24 bits per heavy atom. The fourth-order valence-electron chi connectivity index (χ4n) is 3.47. The molecule has 0 radical (unpaired) electrons. The van der Waals surface area contributed by atoms with Crippen molar-refractivity contribution in [1.82, 2.24) is 20.2 Å². The number of rotatable bonds is 4. The molecule has 4 rings (SSSR count). The molecule has 1 saturated heterocycles. The van der Waals surface area contributed by atoms with Crippen LogP contribution in [0.2, 0.25) is 5.02 Å². The summed E-state index contributed by atoms with van der Waals surface area (Å²) in [4.78, 5) is 25.4. The van der Waals surface area contributed by atoms with Gasteiger partial charge in [0.2, 0.25) is 0 Å². The van der Waals surface area contributed by atoms with Crippen LogP contribution >= 0.6 is 23.4 Å². The van der Waals surface area contributed by atoms with E-state index in [2.05, 4.69) is 10.5 Å². The average molecular weight is 429 g/mol. The molecule has 0 saturated carbocycles. The van der Waals surface area contributed by atoms with Crippen molar-refractivity contribution in [3.63, 3.8) is 0 Å². The number of hydrogen-bond donors (Lipinski definition) is 1. The smallest absolute Gasteiger partial charge is 0.260 e. The molecular formula is C21H21ClN4O2S. The molecule has 1 aliphatic rings. The minimum absolute atomic E-state index is 0.00589. The summed E-state index contributed by atoms with van der Waals surface area (Å²) in [6.45, 7) is 5.68. The van der Waals surface area contributed by atoms with Crippen LogP contribution in [-0.2, 0) is 16.1 Å². The molecule has 2 aromatic carbocycles. The SMILES string of the molecule is Cc1cc2c(C)nn(CC(=O)NN3C(=O)C(C)SC3c3ccccc3)c2cc1Cl. The lowest BCUT2D eigenvalue weighted by atomic mass is 10.1. The Balaban J connectivity index is 1.57. The Kier molecular flexibility index (Phi) is 5.27. The van der Waals surface area contributed by atoms with Crippen molar-refractivity contribution in [2.45, 2.75) is 37.9 Å².